The third-order valence-electron chi connectivity index (χ3n) is 2.57. The van der Waals surface area contributed by atoms with Crippen molar-refractivity contribution in [1.29, 1.82) is 0 Å². The fraction of sp³-hybridized carbons (Fsp3) is 0.429. The Bertz CT molecular complexity index is 483. The van der Waals surface area contributed by atoms with Crippen LogP contribution in [0.5, 0.6) is 0 Å². The van der Waals surface area contributed by atoms with Gasteiger partial charge >= 0.3 is 0 Å². The molecule has 0 amide bonds. The Morgan fingerprint density at radius 2 is 2.10 bits per heavy atom. The number of aliphatic hydroxyl groups excluding tert-OH is 1. The third kappa shape index (κ3) is 5.61. The molecule has 1 aromatic carbocycles. The lowest BCUT2D eigenvalue weighted by atomic mass is 10.1. The summed E-state index contributed by atoms with van der Waals surface area (Å²) in [6, 6.07) is 4.27. The molecule has 6 heteroatoms. The number of hydrogen-bond donors (Lipinski definition) is 2. The number of aliphatic hydroxyl groups is 1. The van der Waals surface area contributed by atoms with E-state index in [9.17, 15) is 13.2 Å². The Balaban J connectivity index is 2.84. The molecule has 0 bridgehead atoms. The largest absolute Gasteiger partial charge is 0.395 e. The van der Waals surface area contributed by atoms with Gasteiger partial charge in [-0.3, -0.25) is 4.90 Å². The fourth-order valence-corrected chi connectivity index (χ4v) is 1.74. The van der Waals surface area contributed by atoms with Crippen LogP contribution in [0.3, 0.4) is 0 Å². The number of alkyl halides is 2. The van der Waals surface area contributed by atoms with Crippen molar-refractivity contribution in [3.05, 3.63) is 35.1 Å². The van der Waals surface area contributed by atoms with Gasteiger partial charge in [0.1, 0.15) is 5.82 Å². The molecule has 0 saturated carbocycles. The average Bonchev–Trinajstić information content (AvgIpc) is 2.39. The number of nitrogens with two attached hydrogens (primary N) is 1. The molecule has 0 spiro atoms. The van der Waals surface area contributed by atoms with Gasteiger partial charge < -0.3 is 10.8 Å². The van der Waals surface area contributed by atoms with Gasteiger partial charge in [0.25, 0.3) is 6.43 Å². The summed E-state index contributed by atoms with van der Waals surface area (Å²) in [5.41, 5.74) is 6.07. The van der Waals surface area contributed by atoms with Crippen molar-refractivity contribution in [3.8, 4) is 11.8 Å². The van der Waals surface area contributed by atoms with E-state index >= 15 is 0 Å². The van der Waals surface area contributed by atoms with E-state index < -0.39 is 18.8 Å². The quantitative estimate of drug-likeness (QED) is 0.773. The fourth-order valence-electron chi connectivity index (χ4n) is 1.74. The van der Waals surface area contributed by atoms with Gasteiger partial charge in [-0.2, -0.15) is 0 Å². The number of rotatable bonds is 6. The lowest BCUT2D eigenvalue weighted by Crippen LogP contribution is -2.31. The van der Waals surface area contributed by atoms with Crippen LogP contribution in [-0.4, -0.2) is 42.7 Å². The molecule has 0 aliphatic heterocycles. The minimum absolute atomic E-state index is 0.117. The van der Waals surface area contributed by atoms with E-state index in [1.54, 1.807) is 0 Å². The second-order valence-electron chi connectivity index (χ2n) is 4.17. The predicted molar refractivity (Wildman–Crippen MR) is 70.7 cm³/mol. The first kappa shape index (κ1) is 16.5. The first-order valence-corrected chi connectivity index (χ1v) is 6.15. The molecular formula is C14H17F3N2O. The molecule has 1 aromatic rings. The van der Waals surface area contributed by atoms with Crippen molar-refractivity contribution in [2.45, 2.75) is 13.0 Å². The van der Waals surface area contributed by atoms with Crippen molar-refractivity contribution in [2.75, 3.05) is 26.2 Å². The Morgan fingerprint density at radius 1 is 1.35 bits per heavy atom. The summed E-state index contributed by atoms with van der Waals surface area (Å²) < 4.78 is 38.3. The summed E-state index contributed by atoms with van der Waals surface area (Å²) in [6.45, 7) is -0.213. The molecule has 110 valence electrons. The molecule has 0 atom stereocenters. The van der Waals surface area contributed by atoms with Gasteiger partial charge in [0.05, 0.1) is 25.3 Å². The molecule has 1 rings (SSSR count). The van der Waals surface area contributed by atoms with Crippen LogP contribution in [0, 0.1) is 17.7 Å². The number of hydrogen-bond acceptors (Lipinski definition) is 3. The molecule has 0 radical (unpaired) electrons. The Morgan fingerprint density at radius 3 is 2.70 bits per heavy atom. The van der Waals surface area contributed by atoms with Gasteiger partial charge in [-0.1, -0.05) is 17.9 Å². The monoisotopic (exact) mass is 286 g/mol. The smallest absolute Gasteiger partial charge is 0.251 e. The Hall–Kier alpha value is -1.55. The highest BCUT2D eigenvalue weighted by molar-refractivity contribution is 5.38. The molecule has 0 unspecified atom stereocenters. The van der Waals surface area contributed by atoms with Crippen LogP contribution in [-0.2, 0) is 6.54 Å². The maximum atomic E-state index is 13.5. The molecule has 3 nitrogen and oxygen atoms in total. The summed E-state index contributed by atoms with van der Waals surface area (Å²) in [6.07, 6.45) is -2.49. The second-order valence-corrected chi connectivity index (χ2v) is 4.17. The van der Waals surface area contributed by atoms with Crippen LogP contribution in [0.25, 0.3) is 0 Å². The van der Waals surface area contributed by atoms with Gasteiger partial charge in [0, 0.05) is 13.1 Å². The summed E-state index contributed by atoms with van der Waals surface area (Å²) in [5, 5.41) is 8.86. The Kier molecular flexibility index (Phi) is 7.09. The van der Waals surface area contributed by atoms with Crippen molar-refractivity contribution >= 4 is 0 Å². The minimum atomic E-state index is -2.49. The van der Waals surface area contributed by atoms with E-state index in [1.807, 2.05) is 0 Å². The maximum Gasteiger partial charge on any atom is 0.251 e. The molecule has 0 heterocycles. The van der Waals surface area contributed by atoms with Crippen molar-refractivity contribution in [3.63, 3.8) is 0 Å². The average molecular weight is 286 g/mol. The molecule has 0 aliphatic carbocycles. The van der Waals surface area contributed by atoms with Crippen LogP contribution in [0.4, 0.5) is 13.2 Å². The molecule has 0 saturated heterocycles. The van der Waals surface area contributed by atoms with Crippen LogP contribution in [0.15, 0.2) is 18.2 Å². The summed E-state index contributed by atoms with van der Waals surface area (Å²) in [4.78, 5) is 1.40. The van der Waals surface area contributed by atoms with E-state index in [1.165, 1.54) is 23.1 Å². The van der Waals surface area contributed by atoms with Crippen molar-refractivity contribution in [1.82, 2.24) is 4.90 Å². The van der Waals surface area contributed by atoms with Crippen molar-refractivity contribution in [2.24, 2.45) is 5.73 Å². The number of halogens is 3. The normalized spacial score (nSPS) is 10.8. The zero-order valence-electron chi connectivity index (χ0n) is 11.0. The van der Waals surface area contributed by atoms with Gasteiger partial charge in [0.2, 0.25) is 0 Å². The lowest BCUT2D eigenvalue weighted by molar-refractivity contribution is 0.0746. The highest BCUT2D eigenvalue weighted by atomic mass is 19.3. The molecule has 3 N–H and O–H groups in total. The lowest BCUT2D eigenvalue weighted by Gasteiger charge is -2.20. The van der Waals surface area contributed by atoms with E-state index in [4.69, 9.17) is 10.8 Å². The van der Waals surface area contributed by atoms with Gasteiger partial charge in [-0.05, 0) is 17.7 Å². The first-order valence-electron chi connectivity index (χ1n) is 6.15. The standard InChI is InChI=1S/C14H17F3N2O/c15-13-4-3-11(8-12(13)2-1-5-18)9-19(6-7-20)10-14(16)17/h3-4,8,14,20H,5-7,9-10,18H2. The van der Waals surface area contributed by atoms with Crippen molar-refractivity contribution < 1.29 is 18.3 Å². The second kappa shape index (κ2) is 8.59. The van der Waals surface area contributed by atoms with Crippen LogP contribution in [0.2, 0.25) is 0 Å². The van der Waals surface area contributed by atoms with Gasteiger partial charge in [0.15, 0.2) is 0 Å². The van der Waals surface area contributed by atoms with Gasteiger partial charge in [-0.25, -0.2) is 13.2 Å². The predicted octanol–water partition coefficient (Wildman–Crippen LogP) is 1.20. The Labute approximate surface area is 116 Å². The third-order valence-corrected chi connectivity index (χ3v) is 2.57. The van der Waals surface area contributed by atoms with E-state index in [0.717, 1.165) is 0 Å². The summed E-state index contributed by atoms with van der Waals surface area (Å²) >= 11 is 0. The number of benzene rings is 1. The molecule has 0 fully saturated rings. The highest BCUT2D eigenvalue weighted by Crippen LogP contribution is 2.12. The maximum absolute atomic E-state index is 13.5. The zero-order valence-corrected chi connectivity index (χ0v) is 11.0. The first-order chi connectivity index (χ1) is 9.56. The van der Waals surface area contributed by atoms with E-state index in [2.05, 4.69) is 11.8 Å². The number of nitrogens with zero attached hydrogens (tertiary/aromatic N) is 1. The summed E-state index contributed by atoms with van der Waals surface area (Å²) in [5.74, 6) is 4.67. The molecule has 20 heavy (non-hydrogen) atoms. The van der Waals surface area contributed by atoms with Gasteiger partial charge in [-0.15, -0.1) is 0 Å². The van der Waals surface area contributed by atoms with E-state index in [0.29, 0.717) is 5.56 Å². The topological polar surface area (TPSA) is 49.5 Å². The molecular weight excluding hydrogens is 269 g/mol. The van der Waals surface area contributed by atoms with Crippen LogP contribution >= 0.6 is 0 Å². The minimum Gasteiger partial charge on any atom is -0.395 e. The van der Waals surface area contributed by atoms with Crippen LogP contribution in [0.1, 0.15) is 11.1 Å². The SMILES string of the molecule is NCC#Cc1cc(CN(CCO)CC(F)F)ccc1F. The van der Waals surface area contributed by atoms with Crippen LogP contribution < -0.4 is 5.73 Å². The highest BCUT2D eigenvalue weighted by Gasteiger charge is 2.12. The zero-order chi connectivity index (χ0) is 15.0. The molecule has 0 aromatic heterocycles. The summed E-state index contributed by atoms with van der Waals surface area (Å²) in [7, 11) is 0. The molecule has 0 aliphatic rings. The van der Waals surface area contributed by atoms with E-state index in [-0.39, 0.29) is 31.8 Å².